The Hall–Kier alpha value is -3.65. The summed E-state index contributed by atoms with van der Waals surface area (Å²) >= 11 is 0. The van der Waals surface area contributed by atoms with Crippen LogP contribution in [0.25, 0.3) is 0 Å². The lowest BCUT2D eigenvalue weighted by Gasteiger charge is -2.35. The van der Waals surface area contributed by atoms with E-state index in [0.717, 1.165) is 64.9 Å². The second-order valence-electron chi connectivity index (χ2n) is 13.1. The van der Waals surface area contributed by atoms with Gasteiger partial charge in [0.1, 0.15) is 12.6 Å². The molecule has 0 saturated heterocycles. The van der Waals surface area contributed by atoms with Gasteiger partial charge in [-0.2, -0.15) is 0 Å². The fourth-order valence-electron chi connectivity index (χ4n) is 5.81. The molecule has 1 aliphatic rings. The van der Waals surface area contributed by atoms with E-state index in [1.54, 1.807) is 17.0 Å². The van der Waals surface area contributed by atoms with Crippen LogP contribution in [0.3, 0.4) is 0 Å². The van der Waals surface area contributed by atoms with Gasteiger partial charge in [-0.3, -0.25) is 13.9 Å². The number of amides is 2. The Kier molecular flexibility index (Phi) is 10.9. The fraction of sp³-hybridized carbons (Fsp3) is 0.444. The molecule has 0 unspecified atom stereocenters. The van der Waals surface area contributed by atoms with Crippen LogP contribution in [0, 0.1) is 6.92 Å². The first-order valence-electron chi connectivity index (χ1n) is 15.6. The summed E-state index contributed by atoms with van der Waals surface area (Å²) in [6.07, 6.45) is 6.56. The number of benzene rings is 3. The normalized spacial score (nSPS) is 14.9. The summed E-state index contributed by atoms with van der Waals surface area (Å²) in [5.41, 5.74) is 4.20. The van der Waals surface area contributed by atoms with Crippen molar-refractivity contribution in [2.45, 2.75) is 90.3 Å². The quantitative estimate of drug-likeness (QED) is 0.280. The molecule has 236 valence electrons. The summed E-state index contributed by atoms with van der Waals surface area (Å²) in [6, 6.07) is 24.0. The number of rotatable bonds is 11. The van der Waals surface area contributed by atoms with E-state index in [4.69, 9.17) is 0 Å². The lowest BCUT2D eigenvalue weighted by Crippen LogP contribution is -2.55. The summed E-state index contributed by atoms with van der Waals surface area (Å²) in [7, 11) is -3.82. The number of nitrogens with one attached hydrogen (secondary N) is 1. The van der Waals surface area contributed by atoms with E-state index in [1.807, 2.05) is 73.7 Å². The number of nitrogens with zero attached hydrogens (tertiary/aromatic N) is 2. The highest BCUT2D eigenvalue weighted by molar-refractivity contribution is 7.92. The van der Waals surface area contributed by atoms with Gasteiger partial charge in [0, 0.05) is 19.0 Å². The summed E-state index contributed by atoms with van der Waals surface area (Å²) in [4.78, 5) is 30.0. The minimum absolute atomic E-state index is 0.0683. The van der Waals surface area contributed by atoms with Crippen LogP contribution < -0.4 is 9.62 Å². The summed E-state index contributed by atoms with van der Waals surface area (Å²) < 4.78 is 27.4. The molecule has 0 aliphatic heterocycles. The maximum absolute atomic E-state index is 14.4. The molecule has 2 amide bonds. The first-order valence-corrected chi connectivity index (χ1v) is 17.4. The maximum Gasteiger partial charge on any atom is 0.244 e. The van der Waals surface area contributed by atoms with E-state index < -0.39 is 28.5 Å². The Labute approximate surface area is 263 Å². The van der Waals surface area contributed by atoms with Crippen LogP contribution in [0.2, 0.25) is 0 Å². The highest BCUT2D eigenvalue weighted by Gasteiger charge is 2.34. The highest BCUT2D eigenvalue weighted by atomic mass is 32.2. The SMILES string of the molecule is Cc1ccccc1CN(C(=O)CN(c1ccc(C(C)(C)C)cc1)S(C)(=O)=O)[C@H](Cc1ccccc1)C(=O)NC1CCCCC1. The third kappa shape index (κ3) is 8.94. The van der Waals surface area contributed by atoms with Crippen molar-refractivity contribution in [1.82, 2.24) is 10.2 Å². The Morgan fingerprint density at radius 2 is 1.50 bits per heavy atom. The van der Waals surface area contributed by atoms with Crippen molar-refractivity contribution in [3.05, 3.63) is 101 Å². The molecule has 44 heavy (non-hydrogen) atoms. The number of sulfonamides is 1. The highest BCUT2D eigenvalue weighted by Crippen LogP contribution is 2.27. The zero-order valence-corrected chi connectivity index (χ0v) is 27.6. The van der Waals surface area contributed by atoms with Gasteiger partial charge in [-0.15, -0.1) is 0 Å². The second kappa shape index (κ2) is 14.4. The molecular formula is C36H47N3O4S. The van der Waals surface area contributed by atoms with E-state index in [9.17, 15) is 18.0 Å². The molecule has 0 heterocycles. The maximum atomic E-state index is 14.4. The van der Waals surface area contributed by atoms with Gasteiger partial charge in [0.15, 0.2) is 0 Å². The van der Waals surface area contributed by atoms with E-state index >= 15 is 0 Å². The van der Waals surface area contributed by atoms with Crippen molar-refractivity contribution < 1.29 is 18.0 Å². The minimum atomic E-state index is -3.82. The zero-order valence-electron chi connectivity index (χ0n) is 26.8. The predicted molar refractivity (Wildman–Crippen MR) is 178 cm³/mol. The Bertz CT molecular complexity index is 1510. The number of aryl methyl sites for hydroxylation is 1. The van der Waals surface area contributed by atoms with Gasteiger partial charge in [0.25, 0.3) is 0 Å². The van der Waals surface area contributed by atoms with Gasteiger partial charge in [0.05, 0.1) is 11.9 Å². The third-order valence-electron chi connectivity index (χ3n) is 8.53. The molecule has 3 aromatic carbocycles. The smallest absolute Gasteiger partial charge is 0.244 e. The van der Waals surface area contributed by atoms with E-state index in [2.05, 4.69) is 26.1 Å². The largest absolute Gasteiger partial charge is 0.352 e. The number of hydrogen-bond acceptors (Lipinski definition) is 4. The van der Waals surface area contributed by atoms with Crippen LogP contribution in [0.4, 0.5) is 5.69 Å². The first-order chi connectivity index (χ1) is 20.8. The van der Waals surface area contributed by atoms with Crippen LogP contribution in [0.5, 0.6) is 0 Å². The molecule has 7 nitrogen and oxygen atoms in total. The lowest BCUT2D eigenvalue weighted by atomic mass is 9.87. The lowest BCUT2D eigenvalue weighted by molar-refractivity contribution is -0.140. The van der Waals surface area contributed by atoms with Gasteiger partial charge in [-0.25, -0.2) is 8.42 Å². The third-order valence-corrected chi connectivity index (χ3v) is 9.67. The van der Waals surface area contributed by atoms with Crippen LogP contribution in [0.1, 0.15) is 75.1 Å². The summed E-state index contributed by atoms with van der Waals surface area (Å²) in [5.74, 6) is -0.638. The molecule has 4 rings (SSSR count). The average molecular weight is 618 g/mol. The molecule has 0 bridgehead atoms. The van der Waals surface area contributed by atoms with Crippen molar-refractivity contribution in [2.75, 3.05) is 17.1 Å². The van der Waals surface area contributed by atoms with Crippen LogP contribution in [0.15, 0.2) is 78.9 Å². The molecule has 1 saturated carbocycles. The fourth-order valence-corrected chi connectivity index (χ4v) is 6.66. The number of carbonyl (C=O) groups excluding carboxylic acids is 2. The van der Waals surface area contributed by atoms with Crippen molar-refractivity contribution in [3.8, 4) is 0 Å². The molecule has 8 heteroatoms. The van der Waals surface area contributed by atoms with E-state index in [-0.39, 0.29) is 23.9 Å². The molecule has 0 aromatic heterocycles. The average Bonchev–Trinajstić information content (AvgIpc) is 2.98. The van der Waals surface area contributed by atoms with Gasteiger partial charge in [-0.1, -0.05) is 107 Å². The first kappa shape index (κ1) is 33.2. The second-order valence-corrected chi connectivity index (χ2v) is 15.0. The topological polar surface area (TPSA) is 86.8 Å². The summed E-state index contributed by atoms with van der Waals surface area (Å²) in [6.45, 7) is 8.02. The summed E-state index contributed by atoms with van der Waals surface area (Å²) in [5, 5.41) is 3.25. The molecule has 1 N–H and O–H groups in total. The Morgan fingerprint density at radius 3 is 2.09 bits per heavy atom. The molecular weight excluding hydrogens is 570 g/mol. The van der Waals surface area contributed by atoms with E-state index in [1.165, 1.54) is 0 Å². The Balaban J connectivity index is 1.72. The van der Waals surface area contributed by atoms with Gasteiger partial charge in [0.2, 0.25) is 21.8 Å². The van der Waals surface area contributed by atoms with Gasteiger partial charge in [-0.05, 0) is 59.6 Å². The van der Waals surface area contributed by atoms with Crippen LogP contribution in [-0.4, -0.2) is 50.0 Å². The zero-order chi connectivity index (χ0) is 31.9. The number of carbonyl (C=O) groups is 2. The molecule has 1 aliphatic carbocycles. The monoisotopic (exact) mass is 617 g/mol. The van der Waals surface area contributed by atoms with Crippen LogP contribution in [-0.2, 0) is 38.0 Å². The number of anilines is 1. The molecule has 3 aromatic rings. The van der Waals surface area contributed by atoms with Gasteiger partial charge >= 0.3 is 0 Å². The van der Waals surface area contributed by atoms with Crippen molar-refractivity contribution in [1.29, 1.82) is 0 Å². The van der Waals surface area contributed by atoms with Crippen LogP contribution >= 0.6 is 0 Å². The molecule has 1 fully saturated rings. The standard InChI is InChI=1S/C36H47N3O4S/c1-27-14-12-13-17-29(27)25-38(33(24-28-15-8-6-9-16-28)35(41)37-31-18-10-7-11-19-31)34(40)26-39(44(5,42)43)32-22-20-30(21-23-32)36(2,3)4/h6,8-9,12-17,20-23,31,33H,7,10-11,18-19,24-26H2,1-5H3,(H,37,41)/t33-/m1/s1. The van der Waals surface area contributed by atoms with Crippen molar-refractivity contribution in [3.63, 3.8) is 0 Å². The van der Waals surface area contributed by atoms with E-state index in [0.29, 0.717) is 12.1 Å². The molecule has 0 spiro atoms. The Morgan fingerprint density at radius 1 is 0.886 bits per heavy atom. The van der Waals surface area contributed by atoms with Crippen molar-refractivity contribution in [2.24, 2.45) is 0 Å². The predicted octanol–water partition coefficient (Wildman–Crippen LogP) is 6.15. The minimum Gasteiger partial charge on any atom is -0.352 e. The molecule has 1 atom stereocenters. The van der Waals surface area contributed by atoms with Gasteiger partial charge < -0.3 is 10.2 Å². The molecule has 0 radical (unpaired) electrons. The number of hydrogen-bond donors (Lipinski definition) is 1. The van der Waals surface area contributed by atoms with Crippen molar-refractivity contribution >= 4 is 27.5 Å².